The highest BCUT2D eigenvalue weighted by Crippen LogP contribution is 2.60. The summed E-state index contributed by atoms with van der Waals surface area (Å²) in [6.45, 7) is 12.3. The molecule has 4 atom stereocenters. The van der Waals surface area contributed by atoms with Crippen molar-refractivity contribution >= 4 is 0 Å². The first-order valence-corrected chi connectivity index (χ1v) is 12.1. The van der Waals surface area contributed by atoms with E-state index in [1.165, 1.54) is 62.5 Å². The van der Waals surface area contributed by atoms with Gasteiger partial charge in [0.1, 0.15) is 0 Å². The molecule has 2 heteroatoms. The minimum Gasteiger partial charge on any atom is -0.207 e. The van der Waals surface area contributed by atoms with Crippen LogP contribution in [0.4, 0.5) is 8.78 Å². The molecule has 0 aromatic carbocycles. The van der Waals surface area contributed by atoms with Crippen LogP contribution in [0, 0.1) is 29.1 Å². The second-order valence-electron chi connectivity index (χ2n) is 10.8. The zero-order chi connectivity index (χ0) is 21.2. The van der Waals surface area contributed by atoms with Crippen LogP contribution in [-0.4, -0.2) is 5.92 Å². The fraction of sp³-hybridized carbons (Fsp3) is 0.778. The molecule has 0 bridgehead atoms. The van der Waals surface area contributed by atoms with Crippen LogP contribution in [0.3, 0.4) is 0 Å². The molecular formula is C27H42F2. The van der Waals surface area contributed by atoms with Crippen LogP contribution in [0.15, 0.2) is 35.5 Å². The second kappa shape index (κ2) is 9.06. The third kappa shape index (κ3) is 4.88. The van der Waals surface area contributed by atoms with Crippen LogP contribution in [0.5, 0.6) is 0 Å². The molecule has 0 saturated heterocycles. The Morgan fingerprint density at radius 1 is 1.07 bits per heavy atom. The molecule has 3 saturated carbocycles. The van der Waals surface area contributed by atoms with Gasteiger partial charge in [-0.1, -0.05) is 57.6 Å². The molecule has 3 fully saturated rings. The summed E-state index contributed by atoms with van der Waals surface area (Å²) in [5, 5.41) is 0. The van der Waals surface area contributed by atoms with E-state index in [0.717, 1.165) is 6.42 Å². The van der Waals surface area contributed by atoms with Crippen LogP contribution in [-0.2, 0) is 0 Å². The number of alkyl halides is 2. The predicted molar refractivity (Wildman–Crippen MR) is 120 cm³/mol. The number of allylic oxidation sites excluding steroid dienone is 5. The van der Waals surface area contributed by atoms with Gasteiger partial charge < -0.3 is 0 Å². The van der Waals surface area contributed by atoms with Crippen LogP contribution in [0.25, 0.3) is 0 Å². The summed E-state index contributed by atoms with van der Waals surface area (Å²) in [6.07, 6.45) is 16.5. The van der Waals surface area contributed by atoms with Crippen LogP contribution < -0.4 is 0 Å². The van der Waals surface area contributed by atoms with Crippen molar-refractivity contribution in [2.24, 2.45) is 29.1 Å². The molecule has 0 amide bonds. The van der Waals surface area contributed by atoms with Crippen molar-refractivity contribution in [3.63, 3.8) is 0 Å². The lowest BCUT2D eigenvalue weighted by molar-refractivity contribution is -0.0600. The standard InChI is InChI=1S/C27H42F2/c1-19(2)27(28,29)18-16-21(4)24-14-15-25-23(11-8-17-26(24,25)5)13-12-22-10-7-6-9-20(22)3/h12-13,19,21,24-25H,3,6-11,14-18H2,1-2,4-5H3/t21-,24-,25+,26-/m1/s1. The topological polar surface area (TPSA) is 0 Å². The Bertz CT molecular complexity index is 653. The Kier molecular flexibility index (Phi) is 7.11. The summed E-state index contributed by atoms with van der Waals surface area (Å²) in [5.41, 5.74) is 4.69. The third-order valence-electron chi connectivity index (χ3n) is 8.63. The molecule has 0 heterocycles. The minimum atomic E-state index is -2.53. The van der Waals surface area contributed by atoms with E-state index in [0.29, 0.717) is 29.6 Å². The highest BCUT2D eigenvalue weighted by Gasteiger charge is 2.50. The van der Waals surface area contributed by atoms with Crippen molar-refractivity contribution in [2.75, 3.05) is 0 Å². The first-order valence-electron chi connectivity index (χ1n) is 12.1. The fourth-order valence-corrected chi connectivity index (χ4v) is 6.52. The number of fused-ring (bicyclic) bond motifs is 1. The van der Waals surface area contributed by atoms with Gasteiger partial charge in [-0.25, -0.2) is 8.78 Å². The maximum Gasteiger partial charge on any atom is 0.250 e. The Morgan fingerprint density at radius 2 is 1.79 bits per heavy atom. The molecular weight excluding hydrogens is 362 g/mol. The molecule has 0 N–H and O–H groups in total. The van der Waals surface area contributed by atoms with E-state index in [-0.39, 0.29) is 6.42 Å². The fourth-order valence-electron chi connectivity index (χ4n) is 6.52. The van der Waals surface area contributed by atoms with E-state index in [2.05, 4.69) is 32.6 Å². The van der Waals surface area contributed by atoms with Crippen molar-refractivity contribution in [3.05, 3.63) is 35.5 Å². The average Bonchev–Trinajstić information content (AvgIpc) is 3.03. The second-order valence-corrected chi connectivity index (χ2v) is 10.8. The van der Waals surface area contributed by atoms with Crippen LogP contribution in [0.1, 0.15) is 98.3 Å². The van der Waals surface area contributed by atoms with Gasteiger partial charge in [0.25, 0.3) is 0 Å². The van der Waals surface area contributed by atoms with Crippen LogP contribution >= 0.6 is 0 Å². The molecule has 0 aromatic heterocycles. The SMILES string of the molecule is C=C1CCCCC1=CC=C1CCC[C@]2(C)[C@@H]([C@H](C)CCC(F)(F)C(C)C)CC[C@@H]12. The summed E-state index contributed by atoms with van der Waals surface area (Å²) in [7, 11) is 0. The van der Waals surface area contributed by atoms with Gasteiger partial charge >= 0.3 is 0 Å². The lowest BCUT2D eigenvalue weighted by Gasteiger charge is -2.44. The molecule has 0 aliphatic heterocycles. The van der Waals surface area contributed by atoms with E-state index < -0.39 is 11.8 Å². The van der Waals surface area contributed by atoms with E-state index in [4.69, 9.17) is 0 Å². The summed E-state index contributed by atoms with van der Waals surface area (Å²) in [4.78, 5) is 0. The Balaban J connectivity index is 1.70. The quantitative estimate of drug-likeness (QED) is 0.414. The third-order valence-corrected chi connectivity index (χ3v) is 8.63. The Hall–Kier alpha value is -0.920. The van der Waals surface area contributed by atoms with Gasteiger partial charge in [-0.2, -0.15) is 0 Å². The normalized spacial score (nSPS) is 34.8. The number of halogens is 2. The summed E-state index contributed by atoms with van der Waals surface area (Å²) in [6, 6.07) is 0. The zero-order valence-corrected chi connectivity index (χ0v) is 19.2. The molecule has 0 nitrogen and oxygen atoms in total. The van der Waals surface area contributed by atoms with Gasteiger partial charge in [0, 0.05) is 12.3 Å². The molecule has 0 unspecified atom stereocenters. The van der Waals surface area contributed by atoms with Crippen molar-refractivity contribution in [1.29, 1.82) is 0 Å². The maximum atomic E-state index is 14.2. The molecule has 0 aromatic rings. The van der Waals surface area contributed by atoms with Gasteiger partial charge in [0.15, 0.2) is 0 Å². The lowest BCUT2D eigenvalue weighted by Crippen LogP contribution is -2.36. The molecule has 164 valence electrons. The molecule has 29 heavy (non-hydrogen) atoms. The predicted octanol–water partition coefficient (Wildman–Crippen LogP) is 8.89. The van der Waals surface area contributed by atoms with Crippen molar-refractivity contribution < 1.29 is 8.78 Å². The molecule has 3 rings (SSSR count). The molecule has 0 spiro atoms. The van der Waals surface area contributed by atoms with Crippen molar-refractivity contribution in [2.45, 2.75) is 104 Å². The molecule has 3 aliphatic rings. The smallest absolute Gasteiger partial charge is 0.207 e. The number of rotatable bonds is 6. The highest BCUT2D eigenvalue weighted by atomic mass is 19.3. The van der Waals surface area contributed by atoms with E-state index in [9.17, 15) is 8.78 Å². The number of hydrogen-bond acceptors (Lipinski definition) is 0. The zero-order valence-electron chi connectivity index (χ0n) is 19.2. The lowest BCUT2D eigenvalue weighted by atomic mass is 9.60. The van der Waals surface area contributed by atoms with E-state index in [1.54, 1.807) is 19.4 Å². The Morgan fingerprint density at radius 3 is 2.48 bits per heavy atom. The maximum absolute atomic E-state index is 14.2. The van der Waals surface area contributed by atoms with Gasteiger partial charge in [0.05, 0.1) is 0 Å². The van der Waals surface area contributed by atoms with Crippen molar-refractivity contribution in [3.8, 4) is 0 Å². The van der Waals surface area contributed by atoms with E-state index >= 15 is 0 Å². The van der Waals surface area contributed by atoms with E-state index in [1.807, 2.05) is 0 Å². The van der Waals surface area contributed by atoms with Crippen LogP contribution in [0.2, 0.25) is 0 Å². The molecule has 3 aliphatic carbocycles. The largest absolute Gasteiger partial charge is 0.250 e. The average molecular weight is 405 g/mol. The van der Waals surface area contributed by atoms with Gasteiger partial charge in [-0.15, -0.1) is 0 Å². The number of hydrogen-bond donors (Lipinski definition) is 0. The Labute approximate surface area is 177 Å². The summed E-state index contributed by atoms with van der Waals surface area (Å²) >= 11 is 0. The van der Waals surface area contributed by atoms with Crippen molar-refractivity contribution in [1.82, 2.24) is 0 Å². The highest BCUT2D eigenvalue weighted by molar-refractivity contribution is 5.35. The summed E-state index contributed by atoms with van der Waals surface area (Å²) < 4.78 is 28.3. The first kappa shape index (κ1) is 22.8. The minimum absolute atomic E-state index is 0.0417. The summed E-state index contributed by atoms with van der Waals surface area (Å²) in [5.74, 6) is -1.49. The van der Waals surface area contributed by atoms with Gasteiger partial charge in [-0.3, -0.25) is 0 Å². The van der Waals surface area contributed by atoms with Gasteiger partial charge in [-0.05, 0) is 93.0 Å². The first-order chi connectivity index (χ1) is 13.6. The molecule has 0 radical (unpaired) electrons. The van der Waals surface area contributed by atoms with Gasteiger partial charge in [0.2, 0.25) is 5.92 Å². The monoisotopic (exact) mass is 404 g/mol.